The first-order chi connectivity index (χ1) is 6.75. The molecule has 2 rings (SSSR count). The van der Waals surface area contributed by atoms with Crippen LogP contribution in [0.5, 0.6) is 0 Å². The summed E-state index contributed by atoms with van der Waals surface area (Å²) in [5.41, 5.74) is 2.66. The SMILES string of the molecule is Cc1cc(NC2CCCC2)ccc1I. The fourth-order valence-corrected chi connectivity index (χ4v) is 2.38. The molecule has 0 aliphatic heterocycles. The minimum absolute atomic E-state index is 0.717. The molecule has 1 nitrogen and oxygen atoms in total. The lowest BCUT2D eigenvalue weighted by Gasteiger charge is -2.14. The van der Waals surface area contributed by atoms with Crippen LogP contribution < -0.4 is 5.32 Å². The van der Waals surface area contributed by atoms with Crippen molar-refractivity contribution in [1.29, 1.82) is 0 Å². The van der Waals surface area contributed by atoms with Gasteiger partial charge in [-0.15, -0.1) is 0 Å². The quantitative estimate of drug-likeness (QED) is 0.816. The number of hydrogen-bond donors (Lipinski definition) is 1. The van der Waals surface area contributed by atoms with Gasteiger partial charge >= 0.3 is 0 Å². The molecule has 0 bridgehead atoms. The molecule has 0 heterocycles. The van der Waals surface area contributed by atoms with Crippen molar-refractivity contribution >= 4 is 28.3 Å². The fraction of sp³-hybridized carbons (Fsp3) is 0.500. The monoisotopic (exact) mass is 301 g/mol. The van der Waals surface area contributed by atoms with E-state index in [1.807, 2.05) is 0 Å². The molecule has 0 unspecified atom stereocenters. The molecular weight excluding hydrogens is 285 g/mol. The van der Waals surface area contributed by atoms with Gasteiger partial charge in [0.15, 0.2) is 0 Å². The van der Waals surface area contributed by atoms with Crippen molar-refractivity contribution in [2.75, 3.05) is 5.32 Å². The summed E-state index contributed by atoms with van der Waals surface area (Å²) >= 11 is 2.38. The van der Waals surface area contributed by atoms with Gasteiger partial charge in [0, 0.05) is 15.3 Å². The molecule has 1 aromatic rings. The van der Waals surface area contributed by atoms with Crippen molar-refractivity contribution in [3.8, 4) is 0 Å². The Morgan fingerprint density at radius 3 is 2.64 bits per heavy atom. The highest BCUT2D eigenvalue weighted by atomic mass is 127. The van der Waals surface area contributed by atoms with Crippen LogP contribution in [0.15, 0.2) is 18.2 Å². The number of aryl methyl sites for hydroxylation is 1. The highest BCUT2D eigenvalue weighted by molar-refractivity contribution is 14.1. The number of halogens is 1. The van der Waals surface area contributed by atoms with Crippen molar-refractivity contribution < 1.29 is 0 Å². The van der Waals surface area contributed by atoms with Gasteiger partial charge in [0.25, 0.3) is 0 Å². The third-order valence-electron chi connectivity index (χ3n) is 2.88. The Kier molecular flexibility index (Phi) is 3.31. The molecule has 2 heteroatoms. The van der Waals surface area contributed by atoms with E-state index >= 15 is 0 Å². The molecule has 0 saturated heterocycles. The van der Waals surface area contributed by atoms with Gasteiger partial charge in [-0.05, 0) is 66.1 Å². The second kappa shape index (κ2) is 4.51. The summed E-state index contributed by atoms with van der Waals surface area (Å²) in [6, 6.07) is 7.34. The Morgan fingerprint density at radius 2 is 2.00 bits per heavy atom. The van der Waals surface area contributed by atoms with Gasteiger partial charge < -0.3 is 5.32 Å². The summed E-state index contributed by atoms with van der Waals surface area (Å²) in [7, 11) is 0. The average Bonchev–Trinajstić information content (AvgIpc) is 2.64. The minimum Gasteiger partial charge on any atom is -0.382 e. The van der Waals surface area contributed by atoms with E-state index in [0.29, 0.717) is 0 Å². The van der Waals surface area contributed by atoms with Gasteiger partial charge in [-0.2, -0.15) is 0 Å². The molecule has 0 aromatic heterocycles. The van der Waals surface area contributed by atoms with Gasteiger partial charge in [0.1, 0.15) is 0 Å². The Hall–Kier alpha value is -0.250. The van der Waals surface area contributed by atoms with E-state index in [2.05, 4.69) is 53.0 Å². The highest BCUT2D eigenvalue weighted by Gasteiger charge is 2.14. The Bertz CT molecular complexity index is 316. The van der Waals surface area contributed by atoms with E-state index in [1.54, 1.807) is 0 Å². The van der Waals surface area contributed by atoms with Crippen LogP contribution in [0.25, 0.3) is 0 Å². The van der Waals surface area contributed by atoms with Crippen LogP contribution in [0.4, 0.5) is 5.69 Å². The topological polar surface area (TPSA) is 12.0 Å². The molecule has 1 fully saturated rings. The van der Waals surface area contributed by atoms with Crippen molar-refractivity contribution in [2.24, 2.45) is 0 Å². The molecule has 1 aliphatic rings. The predicted octanol–water partition coefficient (Wildman–Crippen LogP) is 3.95. The van der Waals surface area contributed by atoms with Gasteiger partial charge in [0.2, 0.25) is 0 Å². The van der Waals surface area contributed by atoms with Crippen LogP contribution >= 0.6 is 22.6 Å². The summed E-state index contributed by atoms with van der Waals surface area (Å²) in [5, 5.41) is 3.61. The maximum Gasteiger partial charge on any atom is 0.0345 e. The number of rotatable bonds is 2. The van der Waals surface area contributed by atoms with E-state index in [-0.39, 0.29) is 0 Å². The minimum atomic E-state index is 0.717. The molecule has 76 valence electrons. The fourth-order valence-electron chi connectivity index (χ4n) is 2.04. The van der Waals surface area contributed by atoms with Crippen molar-refractivity contribution in [3.63, 3.8) is 0 Å². The van der Waals surface area contributed by atoms with Crippen LogP contribution in [-0.2, 0) is 0 Å². The molecule has 1 aromatic carbocycles. The highest BCUT2D eigenvalue weighted by Crippen LogP contribution is 2.23. The zero-order valence-electron chi connectivity index (χ0n) is 8.52. The molecule has 1 aliphatic carbocycles. The lowest BCUT2D eigenvalue weighted by molar-refractivity contribution is 0.755. The predicted molar refractivity (Wildman–Crippen MR) is 69.8 cm³/mol. The maximum absolute atomic E-state index is 3.61. The van der Waals surface area contributed by atoms with Crippen LogP contribution in [0.3, 0.4) is 0 Å². The smallest absolute Gasteiger partial charge is 0.0345 e. The second-order valence-corrected chi connectivity index (χ2v) is 5.25. The molecule has 1 N–H and O–H groups in total. The zero-order valence-corrected chi connectivity index (χ0v) is 10.7. The van der Waals surface area contributed by atoms with Crippen LogP contribution in [-0.4, -0.2) is 6.04 Å². The normalized spacial score (nSPS) is 17.3. The zero-order chi connectivity index (χ0) is 9.97. The van der Waals surface area contributed by atoms with Crippen molar-refractivity contribution in [1.82, 2.24) is 0 Å². The third kappa shape index (κ3) is 2.41. The molecule has 1 saturated carbocycles. The van der Waals surface area contributed by atoms with E-state index < -0.39 is 0 Å². The first-order valence-corrected chi connectivity index (χ1v) is 6.36. The Morgan fingerprint density at radius 1 is 1.29 bits per heavy atom. The summed E-state index contributed by atoms with van der Waals surface area (Å²) in [6.45, 7) is 2.17. The van der Waals surface area contributed by atoms with Crippen LogP contribution in [0.1, 0.15) is 31.2 Å². The standard InChI is InChI=1S/C12H16IN/c1-9-8-11(6-7-12(9)13)14-10-4-2-3-5-10/h6-8,10,14H,2-5H2,1H3. The Balaban J connectivity index is 2.05. The van der Waals surface area contributed by atoms with Gasteiger partial charge in [-0.25, -0.2) is 0 Å². The summed E-state index contributed by atoms with van der Waals surface area (Å²) in [4.78, 5) is 0. The van der Waals surface area contributed by atoms with E-state index in [0.717, 1.165) is 6.04 Å². The van der Waals surface area contributed by atoms with Gasteiger partial charge in [-0.3, -0.25) is 0 Å². The van der Waals surface area contributed by atoms with Crippen LogP contribution in [0, 0.1) is 10.5 Å². The van der Waals surface area contributed by atoms with Crippen LogP contribution in [0.2, 0.25) is 0 Å². The molecule has 0 amide bonds. The summed E-state index contributed by atoms with van der Waals surface area (Å²) < 4.78 is 1.35. The van der Waals surface area contributed by atoms with Gasteiger partial charge in [-0.1, -0.05) is 12.8 Å². The van der Waals surface area contributed by atoms with E-state index in [9.17, 15) is 0 Å². The first kappa shape index (κ1) is 10.3. The van der Waals surface area contributed by atoms with Crippen molar-refractivity contribution in [3.05, 3.63) is 27.3 Å². The summed E-state index contributed by atoms with van der Waals surface area (Å²) in [6.07, 6.45) is 5.46. The van der Waals surface area contributed by atoms with E-state index in [1.165, 1.54) is 40.5 Å². The lowest BCUT2D eigenvalue weighted by Crippen LogP contribution is -2.14. The average molecular weight is 301 g/mol. The maximum atomic E-state index is 3.61. The lowest BCUT2D eigenvalue weighted by atomic mass is 10.2. The second-order valence-electron chi connectivity index (χ2n) is 4.09. The molecule has 0 spiro atoms. The van der Waals surface area contributed by atoms with Gasteiger partial charge in [0.05, 0.1) is 0 Å². The number of hydrogen-bond acceptors (Lipinski definition) is 1. The molecule has 14 heavy (non-hydrogen) atoms. The number of nitrogens with one attached hydrogen (secondary N) is 1. The molecular formula is C12H16IN. The summed E-state index contributed by atoms with van der Waals surface area (Å²) in [5.74, 6) is 0. The number of anilines is 1. The molecule has 0 atom stereocenters. The third-order valence-corrected chi connectivity index (χ3v) is 4.09. The Labute approximate surface area is 99.4 Å². The van der Waals surface area contributed by atoms with E-state index in [4.69, 9.17) is 0 Å². The largest absolute Gasteiger partial charge is 0.382 e. The first-order valence-electron chi connectivity index (χ1n) is 5.28. The molecule has 0 radical (unpaired) electrons. The number of benzene rings is 1. The van der Waals surface area contributed by atoms with Crippen molar-refractivity contribution in [2.45, 2.75) is 38.6 Å².